The lowest BCUT2D eigenvalue weighted by Gasteiger charge is -2.59. The summed E-state index contributed by atoms with van der Waals surface area (Å²) in [7, 11) is 2.61. The van der Waals surface area contributed by atoms with E-state index in [1.807, 2.05) is 33.9 Å². The maximum Gasteiger partial charge on any atom is 0.408 e. The van der Waals surface area contributed by atoms with E-state index in [9.17, 15) is 19.5 Å². The van der Waals surface area contributed by atoms with Crippen molar-refractivity contribution in [1.82, 2.24) is 40.3 Å². The van der Waals surface area contributed by atoms with Crippen molar-refractivity contribution < 1.29 is 38.4 Å². The number of allylic oxidation sites excluding steroid dienone is 1. The third-order valence-electron chi connectivity index (χ3n) is 17.8. The van der Waals surface area contributed by atoms with Crippen molar-refractivity contribution in [3.63, 3.8) is 0 Å². The molecule has 5 N–H and O–H groups in total. The van der Waals surface area contributed by atoms with Gasteiger partial charge in [0.05, 0.1) is 65.8 Å². The van der Waals surface area contributed by atoms with Crippen LogP contribution in [0.1, 0.15) is 141 Å². The van der Waals surface area contributed by atoms with Gasteiger partial charge in [0.15, 0.2) is 10.0 Å². The van der Waals surface area contributed by atoms with Gasteiger partial charge in [-0.3, -0.25) is 24.6 Å². The number of aliphatic hydroxyl groups is 1. The van der Waals surface area contributed by atoms with E-state index in [1.54, 1.807) is 22.3 Å². The molecule has 4 aliphatic rings. The zero-order valence-electron chi connectivity index (χ0n) is 51.2. The van der Waals surface area contributed by atoms with Crippen molar-refractivity contribution in [3.05, 3.63) is 87.3 Å². The number of amides is 3. The third kappa shape index (κ3) is 12.4. The number of hydrogen-bond donors (Lipinski definition) is 6. The lowest BCUT2D eigenvalue weighted by molar-refractivity contribution is -0.229. The van der Waals surface area contributed by atoms with E-state index < -0.39 is 57.5 Å². The second-order valence-corrected chi connectivity index (χ2v) is 28.1. The average molecular weight is 1200 g/mol. The Morgan fingerprint density at radius 3 is 2.52 bits per heavy atom. The molecule has 0 bridgehead atoms. The Hall–Kier alpha value is -5.95. The Morgan fingerprint density at radius 2 is 1.85 bits per heavy atom. The zero-order chi connectivity index (χ0) is 60.8. The second-order valence-electron chi connectivity index (χ2n) is 25.0. The van der Waals surface area contributed by atoms with Crippen molar-refractivity contribution >= 4 is 70.6 Å². The zero-order valence-corrected chi connectivity index (χ0v) is 53.7. The van der Waals surface area contributed by atoms with E-state index in [2.05, 4.69) is 140 Å². The maximum atomic E-state index is 14.1. The van der Waals surface area contributed by atoms with E-state index in [0.29, 0.717) is 50.7 Å². The van der Waals surface area contributed by atoms with Crippen molar-refractivity contribution in [2.24, 2.45) is 22.2 Å². The molecule has 0 radical (unpaired) electrons. The molecule has 452 valence electrons. The summed E-state index contributed by atoms with van der Waals surface area (Å²) in [5.74, 6) is 3.47. The Kier molecular flexibility index (Phi) is 18.2. The minimum Gasteiger partial charge on any atom is -0.464 e. The summed E-state index contributed by atoms with van der Waals surface area (Å²) in [4.78, 5) is 57.6. The molecular weight excluding hydrogens is 1120 g/mol. The fraction of sp³-hybridized carbons (Fsp3) is 0.547. The van der Waals surface area contributed by atoms with Crippen LogP contribution < -0.4 is 20.7 Å². The van der Waals surface area contributed by atoms with E-state index in [1.165, 1.54) is 30.9 Å². The number of thioether (sulfide) groups is 1. The molecule has 17 nitrogen and oxygen atoms in total. The quantitative estimate of drug-likeness (QED) is 0.0198. The van der Waals surface area contributed by atoms with E-state index in [-0.39, 0.29) is 23.2 Å². The average Bonchev–Trinajstić information content (AvgIpc) is 2.33. The van der Waals surface area contributed by atoms with Crippen molar-refractivity contribution in [3.8, 4) is 40.6 Å². The van der Waals surface area contributed by atoms with Crippen molar-refractivity contribution in [2.75, 3.05) is 40.5 Å². The smallest absolute Gasteiger partial charge is 0.408 e. The molecule has 2 aromatic carbocycles. The molecule has 7 heterocycles. The molecule has 0 saturated carbocycles. The van der Waals surface area contributed by atoms with Gasteiger partial charge in [0, 0.05) is 70.9 Å². The Labute approximate surface area is 509 Å². The highest BCUT2D eigenvalue weighted by atomic mass is 32.2. The molecule has 3 amide bonds. The number of fused-ring (bicyclic) bond motifs is 5. The molecule has 5 aromatic rings. The van der Waals surface area contributed by atoms with Gasteiger partial charge in [0.1, 0.15) is 17.3 Å². The number of ether oxygens (including phenoxy) is 4. The summed E-state index contributed by atoms with van der Waals surface area (Å²) in [5, 5.41) is 24.3. The van der Waals surface area contributed by atoms with Crippen LogP contribution in [0.2, 0.25) is 0 Å². The molecule has 4 aliphatic heterocycles. The summed E-state index contributed by atoms with van der Waals surface area (Å²) >= 11 is 7.93. The van der Waals surface area contributed by atoms with Gasteiger partial charge in [0.25, 0.3) is 5.91 Å². The van der Waals surface area contributed by atoms with Crippen LogP contribution in [0.3, 0.4) is 0 Å². The molecule has 20 heteroatoms. The number of thiophene rings is 1. The van der Waals surface area contributed by atoms with Crippen LogP contribution in [0.15, 0.2) is 76.5 Å². The second kappa shape index (κ2) is 24.4. The largest absolute Gasteiger partial charge is 0.464 e. The molecule has 0 aliphatic carbocycles. The Bertz CT molecular complexity index is 3390. The van der Waals surface area contributed by atoms with Gasteiger partial charge in [-0.15, -0.1) is 36.3 Å². The van der Waals surface area contributed by atoms with Gasteiger partial charge in [-0.05, 0) is 160 Å². The number of benzene rings is 2. The number of aryl methyl sites for hydroxylation is 2. The number of aliphatic imine (C=N–C) groups is 1. The number of rotatable bonds is 19. The van der Waals surface area contributed by atoms with Gasteiger partial charge in [-0.25, -0.2) is 14.6 Å². The number of H-pyrrole nitrogens is 1. The summed E-state index contributed by atoms with van der Waals surface area (Å²) in [6.07, 6.45) is 11.9. The third-order valence-corrected chi connectivity index (χ3v) is 20.6. The fourth-order valence-corrected chi connectivity index (χ4v) is 16.6. The predicted octanol–water partition coefficient (Wildman–Crippen LogP) is 12.0. The number of aromatic nitrogens is 3. The number of hydrogen-bond acceptors (Lipinski definition) is 15. The first kappa shape index (κ1) is 62.6. The van der Waals surface area contributed by atoms with Crippen LogP contribution in [0.25, 0.3) is 33.4 Å². The summed E-state index contributed by atoms with van der Waals surface area (Å²) in [6, 6.07) is 17.0. The maximum absolute atomic E-state index is 14.1. The van der Waals surface area contributed by atoms with Gasteiger partial charge < -0.3 is 44.6 Å². The lowest BCUT2D eigenvalue weighted by Crippen LogP contribution is -2.69. The first-order valence-corrected chi connectivity index (χ1v) is 31.4. The van der Waals surface area contributed by atoms with Crippen molar-refractivity contribution in [2.45, 2.75) is 172 Å². The van der Waals surface area contributed by atoms with Crippen LogP contribution >= 0.6 is 35.7 Å². The Morgan fingerprint density at radius 1 is 1.10 bits per heavy atom. The molecule has 9 unspecified atom stereocenters. The number of terminal acetylenes is 1. The molecule has 9 rings (SSSR count). The molecule has 2 fully saturated rings. The topological polar surface area (TPSA) is 197 Å². The first-order valence-electron chi connectivity index (χ1n) is 29.2. The number of likely N-dealkylation sites (tertiary alicyclic amines) is 1. The van der Waals surface area contributed by atoms with Crippen LogP contribution in [0, 0.1) is 36.5 Å². The molecule has 3 aromatic heterocycles. The van der Waals surface area contributed by atoms with Gasteiger partial charge in [0.2, 0.25) is 6.23 Å². The SMILES string of the molecule is C#CCCN(C(C)(C)C(C)C1=NCC(c2ccc3c(c2)cc2n3C(c3ccc(CC)s3)Oc3cc(-c4cnc(SC5CCCN5C(=O)C(S)(C=C(C)C)NC(=O)OC)[nH]4)cc(C)c3-2)N1)C(C)(O)C(C(C)NC(=O)OC)C1(C)CCOC(C)(C)C1. The molecule has 0 spiro atoms. The number of thiol groups is 1. The van der Waals surface area contributed by atoms with Crippen LogP contribution in [0.5, 0.6) is 5.75 Å². The molecular formula is C64H85N9O8S3. The number of aromatic amines is 1. The molecule has 9 atom stereocenters. The number of amidine groups is 1. The first-order chi connectivity index (χ1) is 39.7. The summed E-state index contributed by atoms with van der Waals surface area (Å²) < 4.78 is 25.7. The van der Waals surface area contributed by atoms with Crippen molar-refractivity contribution in [1.29, 1.82) is 0 Å². The lowest BCUT2D eigenvalue weighted by atomic mass is 9.60. The van der Waals surface area contributed by atoms with E-state index in [4.69, 9.17) is 48.0 Å². The number of carbonyl (C=O) groups is 3. The fourth-order valence-electron chi connectivity index (χ4n) is 14.0. The summed E-state index contributed by atoms with van der Waals surface area (Å²) in [6.45, 7) is 26.6. The minimum absolute atomic E-state index is 0.106. The monoisotopic (exact) mass is 1200 g/mol. The number of carbonyl (C=O) groups excluding carboxylic acids is 3. The van der Waals surface area contributed by atoms with E-state index >= 15 is 0 Å². The number of imidazole rings is 1. The minimum atomic E-state index is -1.58. The van der Waals surface area contributed by atoms with Crippen LogP contribution in [-0.2, 0) is 25.4 Å². The summed E-state index contributed by atoms with van der Waals surface area (Å²) in [5.41, 5.74) is 4.78. The number of alkyl carbamates (subject to hydrolysis) is 2. The van der Waals surface area contributed by atoms with Gasteiger partial charge >= 0.3 is 12.2 Å². The van der Waals surface area contributed by atoms with E-state index in [0.717, 1.165) is 85.8 Å². The normalized spacial score (nSPS) is 22.6. The van der Waals surface area contributed by atoms with Crippen LogP contribution in [-0.4, -0.2) is 127 Å². The number of nitrogens with zero attached hydrogens (tertiary/aromatic N) is 5. The number of nitrogens with one attached hydrogen (secondary N) is 4. The predicted molar refractivity (Wildman–Crippen MR) is 338 cm³/mol. The molecule has 2 saturated heterocycles. The standard InChI is InChI=1S/C64H85N9O8S3/c1-16-18-27-72(63(13,77)53(40(7)67-58(75)78-14)62(12)25-28-80-60(8,9)36-62)61(10,11)39(6)54-65-34-45(68-54)41-21-23-47-43(30-41)31-48-52-38(5)29-42(32-49(52)81-55(73(47)48)50-24-22-44(17-2)83-50)46-35-66-57(69-46)84-51-20-19-26-71(51)56(74)64(82,33-37(3)4)70-59(76)79-15/h1,21-24,29-33,35,39-40,45,51,53,55,77,82H,17-20,25-28,34,36H2,2-15H3,(H,65,68)(H,66,69)(H,67,75)(H,70,76). The highest BCUT2D eigenvalue weighted by Crippen LogP contribution is 2.53. The molecule has 84 heavy (non-hydrogen) atoms. The Balaban J connectivity index is 0.985. The number of methoxy groups -OCH3 is 2. The van der Waals surface area contributed by atoms with Gasteiger partial charge in [-0.2, -0.15) is 0 Å². The van der Waals surface area contributed by atoms with Crippen LogP contribution in [0.4, 0.5) is 9.59 Å². The highest BCUT2D eigenvalue weighted by Gasteiger charge is 2.57. The van der Waals surface area contributed by atoms with Gasteiger partial charge in [-0.1, -0.05) is 44.2 Å². The highest BCUT2D eigenvalue weighted by molar-refractivity contribution is 7.99.